The molecule has 0 saturated heterocycles. The number of amides is 1. The summed E-state index contributed by atoms with van der Waals surface area (Å²) in [6.07, 6.45) is 8.20. The van der Waals surface area contributed by atoms with Gasteiger partial charge in [0.15, 0.2) is 5.82 Å². The molecular weight excluding hydrogens is 368 g/mol. The molecule has 0 unspecified atom stereocenters. The van der Waals surface area contributed by atoms with Gasteiger partial charge < -0.3 is 15.6 Å². The average Bonchev–Trinajstić information content (AvgIpc) is 3.27. The summed E-state index contributed by atoms with van der Waals surface area (Å²) in [4.78, 5) is 27.4. The summed E-state index contributed by atoms with van der Waals surface area (Å²) in [5.41, 5.74) is 3.12. The number of carbonyl (C=O) groups is 1. The van der Waals surface area contributed by atoms with Crippen LogP contribution in [-0.4, -0.2) is 36.0 Å². The highest BCUT2D eigenvalue weighted by atomic mass is 16.1. The first kappa shape index (κ1) is 18.2. The average molecular weight is 386 g/mol. The second kappa shape index (κ2) is 8.70. The summed E-state index contributed by atoms with van der Waals surface area (Å²) in [6.45, 7) is 0.817. The Balaban J connectivity index is 1.35. The van der Waals surface area contributed by atoms with Gasteiger partial charge in [-0.05, 0) is 30.3 Å². The van der Waals surface area contributed by atoms with Crippen LogP contribution in [-0.2, 0) is 13.1 Å². The highest BCUT2D eigenvalue weighted by molar-refractivity contribution is 5.95. The van der Waals surface area contributed by atoms with Crippen LogP contribution in [0, 0.1) is 0 Å². The number of H-pyrrole nitrogens is 1. The van der Waals surface area contributed by atoms with Crippen molar-refractivity contribution >= 4 is 11.6 Å². The molecule has 9 heteroatoms. The number of nitrogens with zero attached hydrogens (tertiary/aromatic N) is 5. The van der Waals surface area contributed by atoms with Gasteiger partial charge >= 0.3 is 0 Å². The molecule has 29 heavy (non-hydrogen) atoms. The molecule has 0 aliphatic carbocycles. The molecule has 0 aliphatic rings. The van der Waals surface area contributed by atoms with Crippen molar-refractivity contribution in [2.45, 2.75) is 13.1 Å². The highest BCUT2D eigenvalue weighted by Crippen LogP contribution is 2.14. The molecule has 1 amide bonds. The zero-order chi connectivity index (χ0) is 19.9. The largest absolute Gasteiger partial charge is 0.378 e. The van der Waals surface area contributed by atoms with Gasteiger partial charge in [-0.15, -0.1) is 10.2 Å². The van der Waals surface area contributed by atoms with E-state index in [9.17, 15) is 4.79 Å². The van der Waals surface area contributed by atoms with Gasteiger partial charge in [0.2, 0.25) is 0 Å². The van der Waals surface area contributed by atoms with Crippen LogP contribution in [0.15, 0.2) is 67.5 Å². The van der Waals surface area contributed by atoms with Crippen molar-refractivity contribution in [3.05, 3.63) is 84.5 Å². The normalized spacial score (nSPS) is 10.5. The fourth-order valence-corrected chi connectivity index (χ4v) is 2.68. The maximum absolute atomic E-state index is 12.4. The Morgan fingerprint density at radius 2 is 1.79 bits per heavy atom. The first-order chi connectivity index (χ1) is 14.3. The number of anilines is 1. The van der Waals surface area contributed by atoms with Gasteiger partial charge in [-0.1, -0.05) is 6.07 Å². The van der Waals surface area contributed by atoms with Gasteiger partial charge in [-0.25, -0.2) is 9.97 Å². The predicted molar refractivity (Wildman–Crippen MR) is 107 cm³/mol. The van der Waals surface area contributed by atoms with E-state index in [1.54, 1.807) is 36.9 Å². The number of benzene rings is 1. The molecule has 0 fully saturated rings. The topological polar surface area (TPSA) is 121 Å². The van der Waals surface area contributed by atoms with Gasteiger partial charge in [0.25, 0.3) is 5.91 Å². The Hall–Kier alpha value is -4.14. The summed E-state index contributed by atoms with van der Waals surface area (Å²) in [6, 6.07) is 11.0. The number of carbonyl (C=O) groups excluding carboxylic acids is 1. The van der Waals surface area contributed by atoms with Crippen LogP contribution in [0.3, 0.4) is 0 Å². The van der Waals surface area contributed by atoms with Crippen LogP contribution in [0.5, 0.6) is 0 Å². The molecule has 3 N–H and O–H groups in total. The Bertz CT molecular complexity index is 1080. The fourth-order valence-electron chi connectivity index (χ4n) is 2.68. The third-order valence-corrected chi connectivity index (χ3v) is 4.14. The Labute approximate surface area is 166 Å². The molecule has 4 rings (SSSR count). The lowest BCUT2D eigenvalue weighted by molar-refractivity contribution is 0.0951. The lowest BCUT2D eigenvalue weighted by Gasteiger charge is -2.08. The molecule has 9 nitrogen and oxygen atoms in total. The quantitative estimate of drug-likeness (QED) is 0.445. The summed E-state index contributed by atoms with van der Waals surface area (Å²) < 4.78 is 0. The second-order valence-corrected chi connectivity index (χ2v) is 6.22. The second-order valence-electron chi connectivity index (χ2n) is 6.22. The van der Waals surface area contributed by atoms with Crippen molar-refractivity contribution in [2.75, 3.05) is 5.32 Å². The molecule has 0 aliphatic heterocycles. The third kappa shape index (κ3) is 4.78. The van der Waals surface area contributed by atoms with Crippen LogP contribution in [0.1, 0.15) is 21.7 Å². The SMILES string of the molecule is O=C(NCc1cncnc1)c1cccc(NCc2nnc(-c3ccncc3)[nH]2)c1. The minimum atomic E-state index is -0.169. The molecule has 3 heterocycles. The van der Waals surface area contributed by atoms with E-state index in [1.807, 2.05) is 24.3 Å². The third-order valence-electron chi connectivity index (χ3n) is 4.14. The van der Waals surface area contributed by atoms with E-state index in [1.165, 1.54) is 6.33 Å². The number of nitrogens with one attached hydrogen (secondary N) is 3. The van der Waals surface area contributed by atoms with E-state index in [2.05, 4.69) is 40.8 Å². The van der Waals surface area contributed by atoms with Gasteiger partial charge in [-0.3, -0.25) is 9.78 Å². The van der Waals surface area contributed by atoms with Crippen molar-refractivity contribution in [3.8, 4) is 11.4 Å². The zero-order valence-electron chi connectivity index (χ0n) is 15.4. The number of pyridine rings is 1. The fraction of sp³-hybridized carbons (Fsp3) is 0.100. The summed E-state index contributed by atoms with van der Waals surface area (Å²) in [5, 5.41) is 14.4. The molecule has 0 atom stereocenters. The van der Waals surface area contributed by atoms with Crippen LogP contribution >= 0.6 is 0 Å². The molecule has 144 valence electrons. The summed E-state index contributed by atoms with van der Waals surface area (Å²) >= 11 is 0. The minimum Gasteiger partial charge on any atom is -0.378 e. The standard InChI is InChI=1S/C20H18N8O/c29-20(25-11-14-9-22-13-23-10-14)16-2-1-3-17(8-16)24-12-18-26-19(28-27-18)15-4-6-21-7-5-15/h1-10,13,24H,11-12H2,(H,25,29)(H,26,27,28). The molecule has 4 aromatic rings. The van der Waals surface area contributed by atoms with Crippen molar-refractivity contribution in [2.24, 2.45) is 0 Å². The predicted octanol–water partition coefficient (Wildman–Crippen LogP) is 2.20. The van der Waals surface area contributed by atoms with Gasteiger partial charge in [0.05, 0.1) is 6.54 Å². The number of rotatable bonds is 7. The zero-order valence-corrected chi connectivity index (χ0v) is 15.4. The molecule has 0 spiro atoms. The summed E-state index contributed by atoms with van der Waals surface area (Å²) in [7, 11) is 0. The lowest BCUT2D eigenvalue weighted by atomic mass is 10.2. The number of hydrogen-bond acceptors (Lipinski definition) is 7. The van der Waals surface area contributed by atoms with Crippen molar-refractivity contribution < 1.29 is 4.79 Å². The van der Waals surface area contributed by atoms with Crippen molar-refractivity contribution in [3.63, 3.8) is 0 Å². The molecule has 0 saturated carbocycles. The Kier molecular flexibility index (Phi) is 5.47. The Morgan fingerprint density at radius 1 is 0.966 bits per heavy atom. The number of hydrogen-bond donors (Lipinski definition) is 3. The minimum absolute atomic E-state index is 0.169. The number of aromatic amines is 1. The van der Waals surface area contributed by atoms with E-state index in [4.69, 9.17) is 0 Å². The molecular formula is C20H18N8O. The molecule has 1 aromatic carbocycles. The Morgan fingerprint density at radius 3 is 2.62 bits per heavy atom. The molecule has 3 aromatic heterocycles. The van der Waals surface area contributed by atoms with Crippen molar-refractivity contribution in [1.29, 1.82) is 0 Å². The molecule has 0 radical (unpaired) electrons. The van der Waals surface area contributed by atoms with E-state index < -0.39 is 0 Å². The van der Waals surface area contributed by atoms with E-state index in [0.29, 0.717) is 30.3 Å². The van der Waals surface area contributed by atoms with E-state index in [0.717, 1.165) is 16.8 Å². The van der Waals surface area contributed by atoms with Gasteiger partial charge in [0.1, 0.15) is 12.2 Å². The van der Waals surface area contributed by atoms with E-state index in [-0.39, 0.29) is 5.91 Å². The van der Waals surface area contributed by atoms with Crippen LogP contribution in [0.2, 0.25) is 0 Å². The molecule has 0 bridgehead atoms. The van der Waals surface area contributed by atoms with Crippen LogP contribution in [0.4, 0.5) is 5.69 Å². The first-order valence-electron chi connectivity index (χ1n) is 8.96. The highest BCUT2D eigenvalue weighted by Gasteiger charge is 2.08. The maximum atomic E-state index is 12.4. The monoisotopic (exact) mass is 386 g/mol. The van der Waals surface area contributed by atoms with E-state index >= 15 is 0 Å². The maximum Gasteiger partial charge on any atom is 0.251 e. The smallest absolute Gasteiger partial charge is 0.251 e. The van der Waals surface area contributed by atoms with Crippen molar-refractivity contribution in [1.82, 2.24) is 35.5 Å². The summed E-state index contributed by atoms with van der Waals surface area (Å²) in [5.74, 6) is 1.20. The van der Waals surface area contributed by atoms with Crippen LogP contribution in [0.25, 0.3) is 11.4 Å². The van der Waals surface area contributed by atoms with Crippen LogP contribution < -0.4 is 10.6 Å². The number of aromatic nitrogens is 6. The first-order valence-corrected chi connectivity index (χ1v) is 8.96. The lowest BCUT2D eigenvalue weighted by Crippen LogP contribution is -2.23. The van der Waals surface area contributed by atoms with Gasteiger partial charge in [0, 0.05) is 53.7 Å². The van der Waals surface area contributed by atoms with Gasteiger partial charge in [-0.2, -0.15) is 0 Å².